The van der Waals surface area contributed by atoms with Crippen LogP contribution in [0.15, 0.2) is 47.5 Å². The van der Waals surface area contributed by atoms with Crippen LogP contribution in [-0.2, 0) is 9.59 Å². The first-order valence-electron chi connectivity index (χ1n) is 8.55. The molecule has 0 unspecified atom stereocenters. The van der Waals surface area contributed by atoms with Gasteiger partial charge in [-0.05, 0) is 48.9 Å². The summed E-state index contributed by atoms with van der Waals surface area (Å²) in [7, 11) is 3.13. The third-order valence-corrected chi connectivity index (χ3v) is 5.14. The highest BCUT2D eigenvalue weighted by atomic mass is 35.5. The fraction of sp³-hybridized carbons (Fsp3) is 0.143. The average molecular weight is 397 g/mol. The van der Waals surface area contributed by atoms with Gasteiger partial charge in [0.25, 0.3) is 11.8 Å². The molecule has 0 aromatic heterocycles. The van der Waals surface area contributed by atoms with Gasteiger partial charge in [0.15, 0.2) is 0 Å². The molecule has 142 valence electrons. The minimum Gasteiger partial charge on any atom is -0.497 e. The summed E-state index contributed by atoms with van der Waals surface area (Å²) in [6.45, 7) is 1.90. The van der Waals surface area contributed by atoms with Crippen LogP contribution in [-0.4, -0.2) is 26.0 Å². The second-order valence-corrected chi connectivity index (χ2v) is 6.84. The van der Waals surface area contributed by atoms with Crippen molar-refractivity contribution in [1.82, 2.24) is 10.6 Å². The first-order chi connectivity index (χ1) is 13.4. The Balaban J connectivity index is 1.88. The molecule has 2 heterocycles. The lowest BCUT2D eigenvalue weighted by Gasteiger charge is -2.11. The van der Waals surface area contributed by atoms with E-state index in [2.05, 4.69) is 10.6 Å². The summed E-state index contributed by atoms with van der Waals surface area (Å²) in [6, 6.07) is 10.6. The van der Waals surface area contributed by atoms with Gasteiger partial charge in [0.1, 0.15) is 11.5 Å². The van der Waals surface area contributed by atoms with Crippen LogP contribution in [0.3, 0.4) is 0 Å². The fourth-order valence-corrected chi connectivity index (χ4v) is 3.72. The number of nitrogens with one attached hydrogen (secondary N) is 2. The van der Waals surface area contributed by atoms with Crippen LogP contribution < -0.4 is 20.1 Å². The second kappa shape index (κ2) is 6.73. The number of fused-ring (bicyclic) bond motifs is 1. The molecule has 0 spiro atoms. The number of benzene rings is 2. The lowest BCUT2D eigenvalue weighted by Crippen LogP contribution is -2.21. The molecule has 2 aromatic carbocycles. The van der Waals surface area contributed by atoms with Crippen LogP contribution >= 0.6 is 11.6 Å². The number of aryl methyl sites for hydroxylation is 1. The quantitative estimate of drug-likeness (QED) is 0.832. The van der Waals surface area contributed by atoms with E-state index in [-0.39, 0.29) is 11.8 Å². The molecule has 0 fully saturated rings. The van der Waals surface area contributed by atoms with Crippen molar-refractivity contribution in [2.24, 2.45) is 0 Å². The number of methoxy groups -OCH3 is 2. The van der Waals surface area contributed by atoms with Gasteiger partial charge >= 0.3 is 0 Å². The predicted octanol–water partition coefficient (Wildman–Crippen LogP) is 3.05. The molecule has 0 saturated carbocycles. The van der Waals surface area contributed by atoms with Crippen LogP contribution in [0.25, 0.3) is 11.4 Å². The Morgan fingerprint density at radius 1 is 0.786 bits per heavy atom. The smallest absolute Gasteiger partial charge is 0.258 e. The van der Waals surface area contributed by atoms with E-state index in [0.717, 1.165) is 11.1 Å². The van der Waals surface area contributed by atoms with Gasteiger partial charge in [0, 0.05) is 11.1 Å². The number of amides is 2. The molecule has 0 radical (unpaired) electrons. The molecular weight excluding hydrogens is 380 g/mol. The van der Waals surface area contributed by atoms with Crippen molar-refractivity contribution in [3.8, 4) is 11.5 Å². The first kappa shape index (κ1) is 18.1. The van der Waals surface area contributed by atoms with Crippen LogP contribution in [0.4, 0.5) is 0 Å². The fourth-order valence-electron chi connectivity index (χ4n) is 3.45. The Hall–Kier alpha value is -3.25. The van der Waals surface area contributed by atoms with E-state index in [0.29, 0.717) is 44.6 Å². The predicted molar refractivity (Wildman–Crippen MR) is 106 cm³/mol. The van der Waals surface area contributed by atoms with Gasteiger partial charge in [-0.3, -0.25) is 9.59 Å². The average Bonchev–Trinajstić information content (AvgIpc) is 3.20. The summed E-state index contributed by atoms with van der Waals surface area (Å²) in [4.78, 5) is 25.5. The minimum absolute atomic E-state index is 0.294. The van der Waals surface area contributed by atoms with Crippen molar-refractivity contribution < 1.29 is 19.1 Å². The molecule has 2 aromatic rings. The first-order valence-corrected chi connectivity index (χ1v) is 8.93. The molecule has 0 aliphatic carbocycles. The Kier molecular flexibility index (Phi) is 4.35. The van der Waals surface area contributed by atoms with Crippen molar-refractivity contribution in [3.63, 3.8) is 0 Å². The molecule has 7 heteroatoms. The Morgan fingerprint density at radius 3 is 1.79 bits per heavy atom. The molecule has 2 aliphatic rings. The van der Waals surface area contributed by atoms with Crippen molar-refractivity contribution >= 4 is 34.8 Å². The monoisotopic (exact) mass is 396 g/mol. The molecule has 2 amide bonds. The number of carbonyl (C=O) groups is 2. The van der Waals surface area contributed by atoms with Gasteiger partial charge in [-0.15, -0.1) is 0 Å². The summed E-state index contributed by atoms with van der Waals surface area (Å²) < 4.78 is 10.4. The normalized spacial score (nSPS) is 15.6. The van der Waals surface area contributed by atoms with Gasteiger partial charge < -0.3 is 20.1 Å². The summed E-state index contributed by atoms with van der Waals surface area (Å²) in [5.41, 5.74) is 3.69. The van der Waals surface area contributed by atoms with E-state index < -0.39 is 0 Å². The zero-order valence-electron chi connectivity index (χ0n) is 15.5. The van der Waals surface area contributed by atoms with Gasteiger partial charge in [-0.25, -0.2) is 0 Å². The summed E-state index contributed by atoms with van der Waals surface area (Å²) in [5, 5.41) is 6.01. The minimum atomic E-state index is -0.347. The zero-order valence-corrected chi connectivity index (χ0v) is 16.2. The van der Waals surface area contributed by atoms with Crippen LogP contribution in [0.2, 0.25) is 5.02 Å². The molecule has 2 N–H and O–H groups in total. The highest BCUT2D eigenvalue weighted by Gasteiger charge is 2.41. The Morgan fingerprint density at radius 2 is 1.29 bits per heavy atom. The maximum absolute atomic E-state index is 12.7. The number of hydrogen-bond acceptors (Lipinski definition) is 4. The van der Waals surface area contributed by atoms with Gasteiger partial charge in [0.05, 0.1) is 41.8 Å². The highest BCUT2D eigenvalue weighted by Crippen LogP contribution is 2.40. The molecular formula is C21H17ClN2O4. The summed E-state index contributed by atoms with van der Waals surface area (Å²) in [6.07, 6.45) is 0. The van der Waals surface area contributed by atoms with E-state index in [1.54, 1.807) is 38.5 Å². The summed E-state index contributed by atoms with van der Waals surface area (Å²) >= 11 is 6.36. The third kappa shape index (κ3) is 2.73. The van der Waals surface area contributed by atoms with Crippen molar-refractivity contribution in [2.45, 2.75) is 6.92 Å². The van der Waals surface area contributed by atoms with Crippen LogP contribution in [0.5, 0.6) is 11.5 Å². The molecule has 28 heavy (non-hydrogen) atoms. The number of rotatable bonds is 4. The number of hydrogen-bond donors (Lipinski definition) is 2. The highest BCUT2D eigenvalue weighted by molar-refractivity contribution is 6.35. The largest absolute Gasteiger partial charge is 0.497 e. The molecule has 2 aliphatic heterocycles. The van der Waals surface area contributed by atoms with E-state index >= 15 is 0 Å². The van der Waals surface area contributed by atoms with E-state index in [1.165, 1.54) is 0 Å². The lowest BCUT2D eigenvalue weighted by atomic mass is 9.99. The number of ether oxygens (including phenoxy) is 2. The van der Waals surface area contributed by atoms with Gasteiger partial charge in [0.2, 0.25) is 0 Å². The topological polar surface area (TPSA) is 76.7 Å². The zero-order chi connectivity index (χ0) is 20.0. The SMILES string of the molecule is COc1ccc(C2=C3C(=O)NC(c4ccc(OC)cc4Cl)=C3C(=O)N2)c(C)c1. The molecule has 6 nitrogen and oxygen atoms in total. The van der Waals surface area contributed by atoms with E-state index in [9.17, 15) is 9.59 Å². The van der Waals surface area contributed by atoms with E-state index in [1.807, 2.05) is 19.1 Å². The molecule has 0 bridgehead atoms. The lowest BCUT2D eigenvalue weighted by molar-refractivity contribution is -0.117. The third-order valence-electron chi connectivity index (χ3n) is 4.83. The van der Waals surface area contributed by atoms with Crippen LogP contribution in [0.1, 0.15) is 16.7 Å². The van der Waals surface area contributed by atoms with Crippen molar-refractivity contribution in [1.29, 1.82) is 0 Å². The molecule has 4 rings (SSSR count). The standard InChI is InChI=1S/C21H17ClN2O4/c1-10-8-11(27-2)4-6-13(10)18-16-17(21(26)23-18)19(24-20(16)25)14-7-5-12(28-3)9-15(14)22/h4-9H,1-3H3,(H,23,26)(H,24,25). The summed E-state index contributed by atoms with van der Waals surface area (Å²) in [5.74, 6) is 0.597. The number of halogens is 1. The van der Waals surface area contributed by atoms with Crippen molar-refractivity contribution in [2.75, 3.05) is 14.2 Å². The van der Waals surface area contributed by atoms with Gasteiger partial charge in [-0.2, -0.15) is 0 Å². The van der Waals surface area contributed by atoms with Gasteiger partial charge in [-0.1, -0.05) is 11.6 Å². The number of carbonyl (C=O) groups excluding carboxylic acids is 2. The maximum Gasteiger partial charge on any atom is 0.258 e. The van der Waals surface area contributed by atoms with Crippen LogP contribution in [0, 0.1) is 6.92 Å². The maximum atomic E-state index is 12.7. The Labute approximate surface area is 166 Å². The molecule has 0 saturated heterocycles. The Bertz CT molecular complexity index is 1010. The second-order valence-electron chi connectivity index (χ2n) is 6.43. The molecule has 0 atom stereocenters. The van der Waals surface area contributed by atoms with Crippen molar-refractivity contribution in [3.05, 3.63) is 69.3 Å². The van der Waals surface area contributed by atoms with E-state index in [4.69, 9.17) is 21.1 Å².